The van der Waals surface area contributed by atoms with E-state index in [2.05, 4.69) is 22.2 Å². The number of aromatic hydroxyl groups is 1. The topological polar surface area (TPSA) is 154 Å². The minimum Gasteiger partial charge on any atom is -0.506 e. The number of aliphatic hydroxyl groups is 1. The molecule has 0 saturated heterocycles. The average Bonchev–Trinajstić information content (AvgIpc) is 3.37. The van der Waals surface area contributed by atoms with Crippen molar-refractivity contribution >= 4 is 21.7 Å². The molecule has 0 fully saturated rings. The Morgan fingerprint density at radius 2 is 1.68 bits per heavy atom. The van der Waals surface area contributed by atoms with Crippen LogP contribution in [0.1, 0.15) is 22.7 Å². The third kappa shape index (κ3) is 9.84. The van der Waals surface area contributed by atoms with Crippen LogP contribution in [0.4, 0.5) is 18.9 Å². The van der Waals surface area contributed by atoms with Gasteiger partial charge in [0, 0.05) is 18.2 Å². The van der Waals surface area contributed by atoms with E-state index in [1.807, 2.05) is 36.4 Å². The summed E-state index contributed by atoms with van der Waals surface area (Å²) in [6.45, 7) is 0.468. The highest BCUT2D eigenvalue weighted by molar-refractivity contribution is 7.92. The van der Waals surface area contributed by atoms with E-state index in [0.717, 1.165) is 17.4 Å². The van der Waals surface area contributed by atoms with Gasteiger partial charge in [-0.2, -0.15) is 13.2 Å². The molecule has 0 saturated carbocycles. The van der Waals surface area contributed by atoms with Crippen molar-refractivity contribution in [2.45, 2.75) is 31.2 Å². The predicted octanol–water partition coefficient (Wildman–Crippen LogP) is 3.60. The Labute approximate surface area is 234 Å². The third-order valence-corrected chi connectivity index (χ3v) is 6.35. The van der Waals surface area contributed by atoms with E-state index in [1.165, 1.54) is 12.1 Å². The van der Waals surface area contributed by atoms with Gasteiger partial charge in [0.15, 0.2) is 11.5 Å². The molecule has 0 aliphatic carbocycles. The summed E-state index contributed by atoms with van der Waals surface area (Å²) in [5.74, 6) is -1.52. The molecule has 222 valence electrons. The number of carboxylic acid groups (broad SMARTS) is 1. The lowest BCUT2D eigenvalue weighted by atomic mass is 9.97. The third-order valence-electron chi connectivity index (χ3n) is 5.76. The maximum Gasteiger partial charge on any atom is 0.490 e. The fraction of sp³-hybridized carbons (Fsp3) is 0.296. The van der Waals surface area contributed by atoms with Crippen molar-refractivity contribution in [3.05, 3.63) is 83.4 Å². The number of sulfonamides is 1. The maximum atomic E-state index is 11.5. The van der Waals surface area contributed by atoms with E-state index in [-0.39, 0.29) is 37.2 Å². The number of ether oxygens (including phenoxy) is 2. The molecule has 1 aliphatic heterocycles. The van der Waals surface area contributed by atoms with Crippen LogP contribution >= 0.6 is 0 Å². The minimum atomic E-state index is -5.08. The number of rotatable bonds is 10. The summed E-state index contributed by atoms with van der Waals surface area (Å²) in [7, 11) is -3.54. The number of halogens is 3. The highest BCUT2D eigenvalue weighted by atomic mass is 32.2. The zero-order chi connectivity index (χ0) is 30.2. The molecule has 4 rings (SSSR count). The Balaban J connectivity index is 0.000000587. The normalized spacial score (nSPS) is 14.0. The number of para-hydroxylation sites is 1. The number of carbonyl (C=O) groups is 1. The number of alkyl halides is 3. The Morgan fingerprint density at radius 3 is 2.32 bits per heavy atom. The van der Waals surface area contributed by atoms with Gasteiger partial charge >= 0.3 is 12.1 Å². The number of benzene rings is 3. The second-order valence-electron chi connectivity index (χ2n) is 9.12. The standard InChI is InChI=1S/C25H28N2O6S.C2HF3O2/c1-34(30,31)27-22-14-18(10-11-23(22)29)12-19(28)15-26-21(13-17-6-3-2-4-7-17)20-8-5-9-24-25(20)33-16-32-24;3-2(4,5)1(6)7/h2-11,14,19,21,26-29H,12-13,15-16H2,1H3;(H,6,7)/t19-,21?;/m0./s1. The number of hydrogen-bond acceptors (Lipinski definition) is 8. The smallest absolute Gasteiger partial charge is 0.490 e. The van der Waals surface area contributed by atoms with E-state index >= 15 is 0 Å². The molecule has 14 heteroatoms. The summed E-state index contributed by atoms with van der Waals surface area (Å²) >= 11 is 0. The number of hydrogen-bond donors (Lipinski definition) is 5. The van der Waals surface area contributed by atoms with Gasteiger partial charge in [0.2, 0.25) is 16.8 Å². The van der Waals surface area contributed by atoms with Crippen molar-refractivity contribution < 1.29 is 51.2 Å². The Bertz CT molecular complexity index is 1440. The van der Waals surface area contributed by atoms with Crippen molar-refractivity contribution in [3.63, 3.8) is 0 Å². The summed E-state index contributed by atoms with van der Waals surface area (Å²) < 4.78 is 68.3. The molecule has 1 unspecified atom stereocenters. The largest absolute Gasteiger partial charge is 0.506 e. The number of aliphatic hydroxyl groups excluding tert-OH is 1. The Kier molecular flexibility index (Phi) is 10.4. The van der Waals surface area contributed by atoms with Crippen LogP contribution in [0.5, 0.6) is 17.2 Å². The Hall–Kier alpha value is -4.01. The summed E-state index contributed by atoms with van der Waals surface area (Å²) in [5, 5.41) is 31.2. The van der Waals surface area contributed by atoms with Gasteiger partial charge in [0.25, 0.3) is 0 Å². The minimum absolute atomic E-state index is 0.0825. The van der Waals surface area contributed by atoms with Crippen LogP contribution in [0.25, 0.3) is 0 Å². The number of nitrogens with one attached hydrogen (secondary N) is 2. The monoisotopic (exact) mass is 598 g/mol. The first-order valence-corrected chi connectivity index (χ1v) is 14.1. The van der Waals surface area contributed by atoms with Crippen molar-refractivity contribution in [1.82, 2.24) is 5.32 Å². The van der Waals surface area contributed by atoms with Gasteiger partial charge in [-0.1, -0.05) is 48.5 Å². The molecule has 3 aromatic carbocycles. The van der Waals surface area contributed by atoms with Crippen molar-refractivity contribution in [3.8, 4) is 17.2 Å². The van der Waals surface area contributed by atoms with Crippen LogP contribution in [-0.2, 0) is 27.7 Å². The fourth-order valence-corrected chi connectivity index (χ4v) is 4.55. The van der Waals surface area contributed by atoms with E-state index in [9.17, 15) is 31.8 Å². The molecule has 0 aromatic heterocycles. The number of phenols is 1. The molecule has 0 bridgehead atoms. The molecule has 2 atom stereocenters. The number of phenolic OH excluding ortho intramolecular Hbond substituents is 1. The first kappa shape index (κ1) is 31.5. The zero-order valence-electron chi connectivity index (χ0n) is 21.8. The van der Waals surface area contributed by atoms with Gasteiger partial charge in [0.1, 0.15) is 5.75 Å². The quantitative estimate of drug-likeness (QED) is 0.220. The predicted molar refractivity (Wildman–Crippen MR) is 143 cm³/mol. The van der Waals surface area contributed by atoms with Crippen LogP contribution in [0, 0.1) is 0 Å². The van der Waals surface area contributed by atoms with Crippen LogP contribution < -0.4 is 19.5 Å². The van der Waals surface area contributed by atoms with Crippen molar-refractivity contribution in [2.75, 3.05) is 24.3 Å². The van der Waals surface area contributed by atoms with Crippen molar-refractivity contribution in [2.24, 2.45) is 0 Å². The highest BCUT2D eigenvalue weighted by Gasteiger charge is 2.38. The zero-order valence-corrected chi connectivity index (χ0v) is 22.6. The summed E-state index contributed by atoms with van der Waals surface area (Å²) in [4.78, 5) is 8.90. The molecule has 41 heavy (non-hydrogen) atoms. The SMILES string of the molecule is CS(=O)(=O)Nc1cc(C[C@H](O)CNC(Cc2ccccc2)c2cccc3c2OCO3)ccc1O.O=C(O)C(F)(F)F. The van der Waals surface area contributed by atoms with Crippen LogP contribution in [-0.4, -0.2) is 61.6 Å². The number of anilines is 1. The lowest BCUT2D eigenvalue weighted by Gasteiger charge is -2.23. The first-order chi connectivity index (χ1) is 19.2. The molecule has 0 radical (unpaired) electrons. The molecule has 0 spiro atoms. The van der Waals surface area contributed by atoms with E-state index in [0.29, 0.717) is 23.5 Å². The summed E-state index contributed by atoms with van der Waals surface area (Å²) in [6, 6.07) is 20.3. The van der Waals surface area contributed by atoms with Gasteiger partial charge in [-0.05, 0) is 42.2 Å². The second kappa shape index (κ2) is 13.6. The number of aliphatic carboxylic acids is 1. The van der Waals surface area contributed by atoms with Gasteiger partial charge in [-0.3, -0.25) is 4.72 Å². The summed E-state index contributed by atoms with van der Waals surface area (Å²) in [5.41, 5.74) is 2.87. The number of fused-ring (bicyclic) bond motifs is 1. The van der Waals surface area contributed by atoms with Gasteiger partial charge in [-0.25, -0.2) is 13.2 Å². The first-order valence-electron chi connectivity index (χ1n) is 12.2. The lowest BCUT2D eigenvalue weighted by Crippen LogP contribution is -2.33. The maximum absolute atomic E-state index is 11.5. The molecule has 10 nitrogen and oxygen atoms in total. The highest BCUT2D eigenvalue weighted by Crippen LogP contribution is 2.39. The molecule has 1 aliphatic rings. The molecular weight excluding hydrogens is 569 g/mol. The van der Waals surface area contributed by atoms with E-state index < -0.39 is 28.3 Å². The van der Waals surface area contributed by atoms with Gasteiger partial charge in [-0.15, -0.1) is 0 Å². The second-order valence-corrected chi connectivity index (χ2v) is 10.9. The van der Waals surface area contributed by atoms with E-state index in [4.69, 9.17) is 19.4 Å². The Morgan fingerprint density at radius 1 is 1.00 bits per heavy atom. The molecule has 3 aromatic rings. The van der Waals surface area contributed by atoms with Gasteiger partial charge < -0.3 is 30.1 Å². The molecule has 1 heterocycles. The van der Waals surface area contributed by atoms with Gasteiger partial charge in [0.05, 0.1) is 18.0 Å². The number of carboxylic acids is 1. The summed E-state index contributed by atoms with van der Waals surface area (Å²) in [6.07, 6.45) is -3.85. The molecular formula is C27H29F3N2O8S. The lowest BCUT2D eigenvalue weighted by molar-refractivity contribution is -0.192. The van der Waals surface area contributed by atoms with Crippen LogP contribution in [0.2, 0.25) is 0 Å². The van der Waals surface area contributed by atoms with Crippen molar-refractivity contribution in [1.29, 1.82) is 0 Å². The van der Waals surface area contributed by atoms with E-state index in [1.54, 1.807) is 6.07 Å². The van der Waals surface area contributed by atoms with Crippen LogP contribution in [0.3, 0.4) is 0 Å². The molecule has 0 amide bonds. The molecule has 5 N–H and O–H groups in total. The van der Waals surface area contributed by atoms with Crippen LogP contribution in [0.15, 0.2) is 66.7 Å². The fourth-order valence-electron chi connectivity index (χ4n) is 3.98. The average molecular weight is 599 g/mol.